The number of hydrogen-bond donors (Lipinski definition) is 1. The zero-order valence-electron chi connectivity index (χ0n) is 7.90. The van der Waals surface area contributed by atoms with Crippen molar-refractivity contribution in [1.82, 2.24) is 0 Å². The zero-order valence-corrected chi connectivity index (χ0v) is 9.49. The van der Waals surface area contributed by atoms with Gasteiger partial charge in [0.25, 0.3) is 0 Å². The molecule has 0 fully saturated rings. The molecule has 0 amide bonds. The Hall–Kier alpha value is -0.920. The van der Waals surface area contributed by atoms with Crippen LogP contribution < -0.4 is 0 Å². The van der Waals surface area contributed by atoms with Crippen LogP contribution >= 0.6 is 15.9 Å². The van der Waals surface area contributed by atoms with E-state index in [0.29, 0.717) is 12.1 Å². The van der Waals surface area contributed by atoms with Gasteiger partial charge in [-0.1, -0.05) is 28.1 Å². The molecule has 0 aliphatic carbocycles. The van der Waals surface area contributed by atoms with Crippen molar-refractivity contribution in [1.29, 1.82) is 0 Å². The summed E-state index contributed by atoms with van der Waals surface area (Å²) in [4.78, 5) is 0. The topological polar surface area (TPSA) is 20.2 Å². The second-order valence-electron chi connectivity index (χ2n) is 3.20. The fourth-order valence-electron chi connectivity index (χ4n) is 1.18. The number of hydrogen-bond acceptors (Lipinski definition) is 1. The summed E-state index contributed by atoms with van der Waals surface area (Å²) < 4.78 is 71.2. The van der Waals surface area contributed by atoms with Crippen LogP contribution in [0.5, 0.6) is 5.75 Å². The molecular formula is C9H5BrF6O. The van der Waals surface area contributed by atoms with E-state index >= 15 is 0 Å². The summed E-state index contributed by atoms with van der Waals surface area (Å²) in [5.41, 5.74) is -1.05. The summed E-state index contributed by atoms with van der Waals surface area (Å²) in [5, 5.41) is 8.85. The highest BCUT2D eigenvalue weighted by Crippen LogP contribution is 2.56. The van der Waals surface area contributed by atoms with Crippen molar-refractivity contribution in [2.75, 3.05) is 0 Å². The molecule has 96 valence electrons. The molecule has 0 aliphatic heterocycles. The van der Waals surface area contributed by atoms with E-state index in [0.717, 1.165) is 12.1 Å². The highest BCUT2D eigenvalue weighted by Gasteiger charge is 2.70. The van der Waals surface area contributed by atoms with Crippen molar-refractivity contribution >= 4 is 15.9 Å². The third-order valence-corrected chi connectivity index (χ3v) is 3.40. The first-order valence-corrected chi connectivity index (χ1v) is 4.91. The fourth-order valence-corrected chi connectivity index (χ4v) is 1.44. The molecule has 1 aromatic carbocycles. The smallest absolute Gasteiger partial charge is 0.416 e. The Labute approximate surface area is 100 Å². The minimum Gasteiger partial charge on any atom is -0.508 e. The first-order valence-electron chi connectivity index (χ1n) is 4.12. The third kappa shape index (κ3) is 2.36. The van der Waals surface area contributed by atoms with E-state index in [1.807, 2.05) is 0 Å². The van der Waals surface area contributed by atoms with E-state index in [1.165, 1.54) is 0 Å². The van der Waals surface area contributed by atoms with Gasteiger partial charge in [-0.25, -0.2) is 0 Å². The lowest BCUT2D eigenvalue weighted by Crippen LogP contribution is -2.48. The van der Waals surface area contributed by atoms with Crippen LogP contribution in [0.4, 0.5) is 26.3 Å². The Kier molecular flexibility index (Phi) is 3.39. The number of phenols is 1. The molecule has 0 aliphatic rings. The quantitative estimate of drug-likeness (QED) is 0.609. The maximum atomic E-state index is 12.6. The number of benzene rings is 1. The van der Waals surface area contributed by atoms with E-state index in [2.05, 4.69) is 0 Å². The SMILES string of the molecule is Oc1ccc(C(Br)(C(F)(F)F)C(F)(F)F)cc1. The second-order valence-corrected chi connectivity index (χ2v) is 4.39. The maximum Gasteiger partial charge on any atom is 0.416 e. The van der Waals surface area contributed by atoms with Crippen molar-refractivity contribution in [2.45, 2.75) is 16.7 Å². The van der Waals surface area contributed by atoms with Gasteiger partial charge in [-0.2, -0.15) is 26.3 Å². The van der Waals surface area contributed by atoms with Crippen molar-refractivity contribution < 1.29 is 31.4 Å². The lowest BCUT2D eigenvalue weighted by Gasteiger charge is -2.32. The Morgan fingerprint density at radius 3 is 1.47 bits per heavy atom. The Balaban J connectivity index is 3.41. The van der Waals surface area contributed by atoms with Crippen LogP contribution in [0.25, 0.3) is 0 Å². The summed E-state index contributed by atoms with van der Waals surface area (Å²) >= 11 is 1.73. The molecule has 1 nitrogen and oxygen atoms in total. The van der Waals surface area contributed by atoms with Gasteiger partial charge >= 0.3 is 12.4 Å². The van der Waals surface area contributed by atoms with Crippen LogP contribution in [-0.4, -0.2) is 17.5 Å². The lowest BCUT2D eigenvalue weighted by atomic mass is 9.97. The maximum absolute atomic E-state index is 12.6. The summed E-state index contributed by atoms with van der Waals surface area (Å²) in [5.74, 6) is -0.423. The predicted molar refractivity (Wildman–Crippen MR) is 50.8 cm³/mol. The Morgan fingerprint density at radius 1 is 0.824 bits per heavy atom. The molecule has 1 aromatic rings. The van der Waals surface area contributed by atoms with Gasteiger partial charge in [0.05, 0.1) is 0 Å². The number of alkyl halides is 7. The molecule has 17 heavy (non-hydrogen) atoms. The molecule has 0 bridgehead atoms. The van der Waals surface area contributed by atoms with Crippen molar-refractivity contribution in [3.63, 3.8) is 0 Å². The summed E-state index contributed by atoms with van der Waals surface area (Å²) in [6, 6.07) is 2.63. The highest BCUT2D eigenvalue weighted by atomic mass is 79.9. The van der Waals surface area contributed by atoms with Gasteiger partial charge in [0.2, 0.25) is 4.32 Å². The van der Waals surface area contributed by atoms with Gasteiger partial charge in [-0.05, 0) is 17.7 Å². The molecule has 0 atom stereocenters. The van der Waals surface area contributed by atoms with Crippen LogP contribution in [0.2, 0.25) is 0 Å². The second kappa shape index (κ2) is 4.08. The van der Waals surface area contributed by atoms with Crippen molar-refractivity contribution in [3.05, 3.63) is 29.8 Å². The molecule has 0 heterocycles. The van der Waals surface area contributed by atoms with E-state index in [9.17, 15) is 26.3 Å². The predicted octanol–water partition coefficient (Wildman–Crippen LogP) is 4.11. The van der Waals surface area contributed by atoms with Crippen LogP contribution in [-0.2, 0) is 4.32 Å². The van der Waals surface area contributed by atoms with Gasteiger partial charge in [-0.3, -0.25) is 0 Å². The van der Waals surface area contributed by atoms with E-state index in [-0.39, 0.29) is 0 Å². The average molecular weight is 323 g/mol. The molecule has 8 heteroatoms. The van der Waals surface area contributed by atoms with E-state index in [1.54, 1.807) is 15.9 Å². The van der Waals surface area contributed by atoms with Crippen LogP contribution in [0, 0.1) is 0 Å². The largest absolute Gasteiger partial charge is 0.508 e. The molecule has 0 saturated carbocycles. The molecule has 1 rings (SSSR count). The van der Waals surface area contributed by atoms with Crippen molar-refractivity contribution in [3.8, 4) is 5.75 Å². The standard InChI is InChI=1S/C9H5BrF6O/c10-7(8(11,12)13,9(14,15)16)5-1-3-6(17)4-2-5/h1-4,17H. The van der Waals surface area contributed by atoms with Crippen LogP contribution in [0.3, 0.4) is 0 Å². The molecule has 0 radical (unpaired) electrons. The minimum atomic E-state index is -5.55. The first-order chi connectivity index (χ1) is 7.50. The summed E-state index contributed by atoms with van der Waals surface area (Å²) in [6.07, 6.45) is -11.1. The molecular weight excluding hydrogens is 318 g/mol. The van der Waals surface area contributed by atoms with Gasteiger partial charge in [0, 0.05) is 0 Å². The summed E-state index contributed by atoms with van der Waals surface area (Å²) in [6.45, 7) is 0. The zero-order chi connectivity index (χ0) is 13.5. The van der Waals surface area contributed by atoms with Crippen molar-refractivity contribution in [2.24, 2.45) is 0 Å². The number of halogens is 7. The van der Waals surface area contributed by atoms with Gasteiger partial charge in [0.1, 0.15) is 5.75 Å². The molecule has 0 aromatic heterocycles. The Morgan fingerprint density at radius 2 is 1.18 bits per heavy atom. The summed E-state index contributed by atoms with van der Waals surface area (Å²) in [7, 11) is 0. The van der Waals surface area contributed by atoms with Crippen LogP contribution in [0.15, 0.2) is 24.3 Å². The molecule has 0 saturated heterocycles. The fraction of sp³-hybridized carbons (Fsp3) is 0.333. The highest BCUT2D eigenvalue weighted by molar-refractivity contribution is 9.09. The van der Waals surface area contributed by atoms with Crippen LogP contribution in [0.1, 0.15) is 5.56 Å². The lowest BCUT2D eigenvalue weighted by molar-refractivity contribution is -0.266. The number of phenolic OH excluding ortho intramolecular Hbond substituents is 1. The number of rotatable bonds is 1. The van der Waals surface area contributed by atoms with Gasteiger partial charge < -0.3 is 5.11 Å². The monoisotopic (exact) mass is 322 g/mol. The van der Waals surface area contributed by atoms with Gasteiger partial charge in [0.15, 0.2) is 0 Å². The van der Waals surface area contributed by atoms with E-state index in [4.69, 9.17) is 5.11 Å². The average Bonchev–Trinajstić information content (AvgIpc) is 2.14. The number of aromatic hydroxyl groups is 1. The third-order valence-electron chi connectivity index (χ3n) is 2.05. The molecule has 0 spiro atoms. The van der Waals surface area contributed by atoms with Gasteiger partial charge in [-0.15, -0.1) is 0 Å². The molecule has 0 unspecified atom stereocenters. The van der Waals surface area contributed by atoms with E-state index < -0.39 is 28.0 Å². The Bertz CT molecular complexity index is 379. The minimum absolute atomic E-state index is 0.423. The first kappa shape index (κ1) is 14.1. The molecule has 1 N–H and O–H groups in total. The normalized spacial score (nSPS) is 13.8.